The molecule has 1 heterocycles. The highest BCUT2D eigenvalue weighted by atomic mass is 16.2. The average Bonchev–Trinajstić information content (AvgIpc) is 2.74. The number of nitrogens with zero attached hydrogens (tertiary/aromatic N) is 1. The molecule has 1 saturated carbocycles. The fourth-order valence-electron chi connectivity index (χ4n) is 2.54. The Balaban J connectivity index is 1.98. The summed E-state index contributed by atoms with van der Waals surface area (Å²) < 4.78 is 0. The summed E-state index contributed by atoms with van der Waals surface area (Å²) in [6.45, 7) is 2.50. The average molecular weight is 236 g/mol. The number of carbonyl (C=O) groups excluding carboxylic acids is 1. The van der Waals surface area contributed by atoms with E-state index in [9.17, 15) is 4.79 Å². The second kappa shape index (κ2) is 5.31. The standard InChI is InChI=1S/C12H20N4O/c1-8-6-11(16-15-8)14-12(17)10-5-3-2-4-9(10)7-13/h6,9-10H,2-5,7,13H2,1H3,(H2,14,15,16,17). The minimum absolute atomic E-state index is 0.0470. The summed E-state index contributed by atoms with van der Waals surface area (Å²) >= 11 is 0. The molecule has 2 unspecified atom stereocenters. The largest absolute Gasteiger partial charge is 0.330 e. The first-order valence-corrected chi connectivity index (χ1v) is 6.23. The molecule has 0 saturated heterocycles. The van der Waals surface area contributed by atoms with Gasteiger partial charge in [0.05, 0.1) is 0 Å². The lowest BCUT2D eigenvalue weighted by atomic mass is 9.79. The molecular formula is C12H20N4O. The SMILES string of the molecule is Cc1cc(NC(=O)C2CCCCC2CN)n[nH]1. The van der Waals surface area contributed by atoms with Gasteiger partial charge in [-0.15, -0.1) is 0 Å². The minimum Gasteiger partial charge on any atom is -0.330 e. The Morgan fingerprint density at radius 1 is 1.59 bits per heavy atom. The van der Waals surface area contributed by atoms with Crippen molar-refractivity contribution in [3.63, 3.8) is 0 Å². The normalized spacial score (nSPS) is 24.6. The number of rotatable bonds is 3. The highest BCUT2D eigenvalue weighted by molar-refractivity contribution is 5.91. The van der Waals surface area contributed by atoms with Gasteiger partial charge >= 0.3 is 0 Å². The fraction of sp³-hybridized carbons (Fsp3) is 0.667. The number of amides is 1. The van der Waals surface area contributed by atoms with Gasteiger partial charge in [-0.2, -0.15) is 5.10 Å². The molecular weight excluding hydrogens is 216 g/mol. The van der Waals surface area contributed by atoms with Crippen molar-refractivity contribution in [2.75, 3.05) is 11.9 Å². The van der Waals surface area contributed by atoms with Crippen molar-refractivity contribution in [1.29, 1.82) is 0 Å². The van der Waals surface area contributed by atoms with Gasteiger partial charge in [0, 0.05) is 17.7 Å². The van der Waals surface area contributed by atoms with Gasteiger partial charge in [-0.1, -0.05) is 12.8 Å². The van der Waals surface area contributed by atoms with E-state index in [0.717, 1.165) is 25.0 Å². The van der Waals surface area contributed by atoms with Gasteiger partial charge in [-0.3, -0.25) is 9.89 Å². The first-order chi connectivity index (χ1) is 8.20. The van der Waals surface area contributed by atoms with Crippen LogP contribution in [0, 0.1) is 18.8 Å². The number of hydrogen-bond acceptors (Lipinski definition) is 3. The molecule has 17 heavy (non-hydrogen) atoms. The van der Waals surface area contributed by atoms with E-state index in [1.54, 1.807) is 0 Å². The molecule has 2 rings (SSSR count). The van der Waals surface area contributed by atoms with Crippen molar-refractivity contribution in [2.45, 2.75) is 32.6 Å². The molecule has 2 atom stereocenters. The zero-order chi connectivity index (χ0) is 12.3. The molecule has 1 aromatic rings. The summed E-state index contributed by atoms with van der Waals surface area (Å²) in [4.78, 5) is 12.1. The van der Waals surface area contributed by atoms with Gasteiger partial charge in [0.15, 0.2) is 5.82 Å². The number of aryl methyl sites for hydroxylation is 1. The minimum atomic E-state index is 0.0470. The van der Waals surface area contributed by atoms with Crippen LogP contribution in [0.25, 0.3) is 0 Å². The molecule has 94 valence electrons. The topological polar surface area (TPSA) is 83.8 Å². The number of nitrogens with one attached hydrogen (secondary N) is 2. The van der Waals surface area contributed by atoms with Crippen LogP contribution in [0.3, 0.4) is 0 Å². The van der Waals surface area contributed by atoms with E-state index in [1.165, 1.54) is 6.42 Å². The van der Waals surface area contributed by atoms with Crippen LogP contribution in [-0.2, 0) is 4.79 Å². The van der Waals surface area contributed by atoms with E-state index >= 15 is 0 Å². The van der Waals surface area contributed by atoms with Crippen molar-refractivity contribution < 1.29 is 4.79 Å². The number of anilines is 1. The zero-order valence-electron chi connectivity index (χ0n) is 10.2. The monoisotopic (exact) mass is 236 g/mol. The first-order valence-electron chi connectivity index (χ1n) is 6.23. The third-order valence-electron chi connectivity index (χ3n) is 3.51. The number of hydrogen-bond donors (Lipinski definition) is 3. The van der Waals surface area contributed by atoms with E-state index in [4.69, 9.17) is 5.73 Å². The van der Waals surface area contributed by atoms with E-state index in [1.807, 2.05) is 13.0 Å². The molecule has 1 amide bonds. The Labute approximate surface area is 101 Å². The molecule has 1 aliphatic rings. The zero-order valence-corrected chi connectivity index (χ0v) is 10.2. The number of H-pyrrole nitrogens is 1. The summed E-state index contributed by atoms with van der Waals surface area (Å²) in [6, 6.07) is 1.83. The molecule has 0 aliphatic heterocycles. The lowest BCUT2D eigenvalue weighted by Crippen LogP contribution is -2.35. The van der Waals surface area contributed by atoms with Crippen LogP contribution in [-0.4, -0.2) is 22.6 Å². The predicted octanol–water partition coefficient (Wildman–Crippen LogP) is 1.42. The number of carbonyl (C=O) groups is 1. The quantitative estimate of drug-likeness (QED) is 0.742. The Kier molecular flexibility index (Phi) is 3.78. The molecule has 1 aliphatic carbocycles. The van der Waals surface area contributed by atoms with Crippen LogP contribution in [0.1, 0.15) is 31.4 Å². The van der Waals surface area contributed by atoms with Crippen LogP contribution in [0.5, 0.6) is 0 Å². The lowest BCUT2D eigenvalue weighted by molar-refractivity contribution is -0.122. The van der Waals surface area contributed by atoms with E-state index in [0.29, 0.717) is 18.3 Å². The summed E-state index contributed by atoms with van der Waals surface area (Å²) in [7, 11) is 0. The van der Waals surface area contributed by atoms with Crippen LogP contribution < -0.4 is 11.1 Å². The van der Waals surface area contributed by atoms with Crippen LogP contribution in [0.4, 0.5) is 5.82 Å². The van der Waals surface area contributed by atoms with Crippen LogP contribution >= 0.6 is 0 Å². The van der Waals surface area contributed by atoms with Crippen molar-refractivity contribution in [3.8, 4) is 0 Å². The molecule has 5 nitrogen and oxygen atoms in total. The Bertz CT molecular complexity index is 388. The number of aromatic amines is 1. The van der Waals surface area contributed by atoms with E-state index in [-0.39, 0.29) is 11.8 Å². The Hall–Kier alpha value is -1.36. The summed E-state index contributed by atoms with van der Waals surface area (Å²) in [5.74, 6) is 1.04. The van der Waals surface area contributed by atoms with E-state index < -0.39 is 0 Å². The smallest absolute Gasteiger partial charge is 0.229 e. The van der Waals surface area contributed by atoms with Crippen molar-refractivity contribution >= 4 is 11.7 Å². The van der Waals surface area contributed by atoms with Crippen molar-refractivity contribution in [2.24, 2.45) is 17.6 Å². The molecule has 5 heteroatoms. The van der Waals surface area contributed by atoms with Crippen molar-refractivity contribution in [1.82, 2.24) is 10.2 Å². The van der Waals surface area contributed by atoms with Crippen molar-refractivity contribution in [3.05, 3.63) is 11.8 Å². The number of nitrogens with two attached hydrogens (primary N) is 1. The lowest BCUT2D eigenvalue weighted by Gasteiger charge is -2.29. The highest BCUT2D eigenvalue weighted by Crippen LogP contribution is 2.30. The van der Waals surface area contributed by atoms with Gasteiger partial charge in [-0.25, -0.2) is 0 Å². The van der Waals surface area contributed by atoms with Gasteiger partial charge in [0.1, 0.15) is 0 Å². The third-order valence-corrected chi connectivity index (χ3v) is 3.51. The Morgan fingerprint density at radius 3 is 3.00 bits per heavy atom. The summed E-state index contributed by atoms with van der Waals surface area (Å²) in [6.07, 6.45) is 4.31. The van der Waals surface area contributed by atoms with Crippen LogP contribution in [0.15, 0.2) is 6.07 Å². The molecule has 0 aromatic carbocycles. The summed E-state index contributed by atoms with van der Waals surface area (Å²) in [5.41, 5.74) is 6.67. The van der Waals surface area contributed by atoms with Crippen LogP contribution in [0.2, 0.25) is 0 Å². The maximum absolute atomic E-state index is 12.1. The van der Waals surface area contributed by atoms with Gasteiger partial charge in [-0.05, 0) is 32.2 Å². The molecule has 0 bridgehead atoms. The molecule has 4 N–H and O–H groups in total. The second-order valence-electron chi connectivity index (χ2n) is 4.81. The van der Waals surface area contributed by atoms with Gasteiger partial charge in [0.2, 0.25) is 5.91 Å². The first kappa shape index (κ1) is 12.1. The molecule has 0 spiro atoms. The maximum Gasteiger partial charge on any atom is 0.229 e. The fourth-order valence-corrected chi connectivity index (χ4v) is 2.54. The molecule has 1 fully saturated rings. The number of aromatic nitrogens is 2. The van der Waals surface area contributed by atoms with Gasteiger partial charge in [0.25, 0.3) is 0 Å². The molecule has 0 radical (unpaired) electrons. The summed E-state index contributed by atoms with van der Waals surface area (Å²) in [5, 5.41) is 9.69. The molecule has 1 aromatic heterocycles. The van der Waals surface area contributed by atoms with Gasteiger partial charge < -0.3 is 11.1 Å². The predicted molar refractivity (Wildman–Crippen MR) is 66.5 cm³/mol. The maximum atomic E-state index is 12.1. The Morgan fingerprint density at radius 2 is 2.35 bits per heavy atom. The van der Waals surface area contributed by atoms with E-state index in [2.05, 4.69) is 15.5 Å². The second-order valence-corrected chi connectivity index (χ2v) is 4.81. The third kappa shape index (κ3) is 2.85. The highest BCUT2D eigenvalue weighted by Gasteiger charge is 2.30.